The molecule has 0 saturated heterocycles. The van der Waals surface area contributed by atoms with Gasteiger partial charge in [0.15, 0.2) is 5.65 Å². The van der Waals surface area contributed by atoms with Crippen LogP contribution in [-0.2, 0) is 4.79 Å². The molecule has 102 valence electrons. The van der Waals surface area contributed by atoms with Crippen molar-refractivity contribution >= 4 is 17.4 Å². The zero-order valence-corrected chi connectivity index (χ0v) is 11.1. The van der Waals surface area contributed by atoms with Crippen molar-refractivity contribution in [3.05, 3.63) is 24.5 Å². The average Bonchev–Trinajstić information content (AvgIpc) is 2.80. The van der Waals surface area contributed by atoms with Gasteiger partial charge in [-0.15, -0.1) is 0 Å². The minimum absolute atomic E-state index is 0.355. The van der Waals surface area contributed by atoms with Crippen LogP contribution in [0.15, 0.2) is 24.5 Å². The van der Waals surface area contributed by atoms with E-state index in [-0.39, 0.29) is 0 Å². The maximum absolute atomic E-state index is 11.2. The second kappa shape index (κ2) is 5.69. The Morgan fingerprint density at radius 1 is 1.47 bits per heavy atom. The van der Waals surface area contributed by atoms with Crippen LogP contribution in [0.1, 0.15) is 20.3 Å². The van der Waals surface area contributed by atoms with Crippen LogP contribution in [0.5, 0.6) is 0 Å². The van der Waals surface area contributed by atoms with Crippen molar-refractivity contribution in [1.29, 1.82) is 0 Å². The standard InChI is InChI=1S/C13H18N4O2/c1-9(2)7-10(13(18)19)8-14-11-4-6-17-12(16-11)3-5-15-17/h3-6,9-10H,7-8H2,1-2H3,(H,14,16)(H,18,19). The van der Waals surface area contributed by atoms with Crippen LogP contribution in [0.3, 0.4) is 0 Å². The topological polar surface area (TPSA) is 79.5 Å². The molecular weight excluding hydrogens is 244 g/mol. The van der Waals surface area contributed by atoms with Crippen molar-refractivity contribution in [3.8, 4) is 0 Å². The predicted octanol–water partition coefficient (Wildman–Crippen LogP) is 1.89. The van der Waals surface area contributed by atoms with Crippen LogP contribution in [-0.4, -0.2) is 32.2 Å². The molecule has 6 nitrogen and oxygen atoms in total. The highest BCUT2D eigenvalue weighted by atomic mass is 16.4. The van der Waals surface area contributed by atoms with Gasteiger partial charge in [0.1, 0.15) is 5.82 Å². The van der Waals surface area contributed by atoms with Gasteiger partial charge in [-0.25, -0.2) is 9.50 Å². The lowest BCUT2D eigenvalue weighted by Gasteiger charge is -2.15. The van der Waals surface area contributed by atoms with Gasteiger partial charge in [0.2, 0.25) is 0 Å². The third-order valence-corrected chi connectivity index (χ3v) is 2.89. The number of carbonyl (C=O) groups is 1. The first-order chi connectivity index (χ1) is 9.06. The summed E-state index contributed by atoms with van der Waals surface area (Å²) in [6.45, 7) is 4.42. The van der Waals surface area contributed by atoms with Gasteiger partial charge in [-0.05, 0) is 18.4 Å². The number of carboxylic acid groups (broad SMARTS) is 1. The van der Waals surface area contributed by atoms with Gasteiger partial charge in [0.25, 0.3) is 0 Å². The first-order valence-electron chi connectivity index (χ1n) is 6.33. The van der Waals surface area contributed by atoms with E-state index in [0.717, 1.165) is 5.65 Å². The number of rotatable bonds is 6. The van der Waals surface area contributed by atoms with E-state index in [9.17, 15) is 4.79 Å². The molecular formula is C13H18N4O2. The highest BCUT2D eigenvalue weighted by molar-refractivity contribution is 5.70. The summed E-state index contributed by atoms with van der Waals surface area (Å²) in [5, 5.41) is 16.3. The predicted molar refractivity (Wildman–Crippen MR) is 72.1 cm³/mol. The Hall–Kier alpha value is -2.11. The van der Waals surface area contributed by atoms with E-state index >= 15 is 0 Å². The lowest BCUT2D eigenvalue weighted by Crippen LogP contribution is -2.24. The van der Waals surface area contributed by atoms with E-state index in [1.165, 1.54) is 0 Å². The monoisotopic (exact) mass is 262 g/mol. The third kappa shape index (κ3) is 3.43. The molecule has 2 aromatic heterocycles. The number of nitrogens with one attached hydrogen (secondary N) is 1. The van der Waals surface area contributed by atoms with Crippen LogP contribution in [0, 0.1) is 11.8 Å². The summed E-state index contributed by atoms with van der Waals surface area (Å²) in [6, 6.07) is 3.59. The van der Waals surface area contributed by atoms with Gasteiger partial charge in [0.05, 0.1) is 12.1 Å². The van der Waals surface area contributed by atoms with Crippen LogP contribution in [0.25, 0.3) is 5.65 Å². The van der Waals surface area contributed by atoms with Gasteiger partial charge >= 0.3 is 5.97 Å². The lowest BCUT2D eigenvalue weighted by atomic mass is 9.97. The molecule has 0 bridgehead atoms. The van der Waals surface area contributed by atoms with Crippen LogP contribution in [0.2, 0.25) is 0 Å². The number of aliphatic carboxylic acids is 1. The van der Waals surface area contributed by atoms with Crippen molar-refractivity contribution in [2.75, 3.05) is 11.9 Å². The van der Waals surface area contributed by atoms with E-state index in [1.807, 2.05) is 13.8 Å². The molecule has 0 fully saturated rings. The molecule has 0 spiro atoms. The zero-order chi connectivity index (χ0) is 13.8. The molecule has 0 radical (unpaired) electrons. The molecule has 0 aliphatic heterocycles. The van der Waals surface area contributed by atoms with E-state index in [4.69, 9.17) is 5.11 Å². The Morgan fingerprint density at radius 2 is 2.26 bits per heavy atom. The molecule has 0 aromatic carbocycles. The van der Waals surface area contributed by atoms with E-state index in [0.29, 0.717) is 24.7 Å². The normalized spacial score (nSPS) is 12.8. The van der Waals surface area contributed by atoms with Gasteiger partial charge in [-0.1, -0.05) is 13.8 Å². The largest absolute Gasteiger partial charge is 0.481 e. The molecule has 2 rings (SSSR count). The Labute approximate surface area is 111 Å². The van der Waals surface area contributed by atoms with Crippen LogP contribution in [0.4, 0.5) is 5.82 Å². The zero-order valence-electron chi connectivity index (χ0n) is 11.1. The quantitative estimate of drug-likeness (QED) is 0.831. The highest BCUT2D eigenvalue weighted by Crippen LogP contribution is 2.13. The summed E-state index contributed by atoms with van der Waals surface area (Å²) in [5.74, 6) is -0.147. The Morgan fingerprint density at radius 3 is 2.95 bits per heavy atom. The molecule has 6 heteroatoms. The third-order valence-electron chi connectivity index (χ3n) is 2.89. The Bertz CT molecular complexity index is 565. The molecule has 0 amide bonds. The number of hydrogen-bond acceptors (Lipinski definition) is 4. The van der Waals surface area contributed by atoms with Crippen molar-refractivity contribution in [3.63, 3.8) is 0 Å². The number of fused-ring (bicyclic) bond motifs is 1. The molecule has 2 aromatic rings. The van der Waals surface area contributed by atoms with Gasteiger partial charge in [-0.2, -0.15) is 5.10 Å². The van der Waals surface area contributed by atoms with Gasteiger partial charge < -0.3 is 10.4 Å². The van der Waals surface area contributed by atoms with Crippen LogP contribution < -0.4 is 5.32 Å². The summed E-state index contributed by atoms with van der Waals surface area (Å²) in [7, 11) is 0. The van der Waals surface area contributed by atoms with E-state index in [2.05, 4.69) is 15.4 Å². The molecule has 2 N–H and O–H groups in total. The molecule has 0 aliphatic rings. The van der Waals surface area contributed by atoms with Crippen molar-refractivity contribution < 1.29 is 9.90 Å². The summed E-state index contributed by atoms with van der Waals surface area (Å²) in [5.41, 5.74) is 0.737. The molecule has 0 saturated carbocycles. The number of aromatic nitrogens is 3. The molecule has 19 heavy (non-hydrogen) atoms. The second-order valence-corrected chi connectivity index (χ2v) is 4.99. The first-order valence-corrected chi connectivity index (χ1v) is 6.33. The number of hydrogen-bond donors (Lipinski definition) is 2. The fourth-order valence-electron chi connectivity index (χ4n) is 1.98. The lowest BCUT2D eigenvalue weighted by molar-refractivity contribution is -0.141. The number of carboxylic acids is 1. The second-order valence-electron chi connectivity index (χ2n) is 4.99. The number of nitrogens with zero attached hydrogens (tertiary/aromatic N) is 3. The Kier molecular flexibility index (Phi) is 3.99. The number of anilines is 1. The summed E-state index contributed by atoms with van der Waals surface area (Å²) in [4.78, 5) is 15.5. The minimum atomic E-state index is -0.772. The molecule has 0 aliphatic carbocycles. The minimum Gasteiger partial charge on any atom is -0.481 e. The summed E-state index contributed by atoms with van der Waals surface area (Å²) < 4.78 is 1.66. The fraction of sp³-hybridized carbons (Fsp3) is 0.462. The maximum Gasteiger partial charge on any atom is 0.308 e. The van der Waals surface area contributed by atoms with E-state index < -0.39 is 11.9 Å². The molecule has 1 atom stereocenters. The first kappa shape index (κ1) is 13.3. The molecule has 1 unspecified atom stereocenters. The smallest absolute Gasteiger partial charge is 0.308 e. The molecule has 2 heterocycles. The summed E-state index contributed by atoms with van der Waals surface area (Å²) >= 11 is 0. The van der Waals surface area contributed by atoms with Crippen molar-refractivity contribution in [2.24, 2.45) is 11.8 Å². The van der Waals surface area contributed by atoms with Crippen molar-refractivity contribution in [1.82, 2.24) is 14.6 Å². The van der Waals surface area contributed by atoms with Crippen molar-refractivity contribution in [2.45, 2.75) is 20.3 Å². The van der Waals surface area contributed by atoms with Gasteiger partial charge in [0, 0.05) is 18.8 Å². The SMILES string of the molecule is CC(C)CC(CNc1ccn2nccc2n1)C(=O)O. The Balaban J connectivity index is 2.01. The maximum atomic E-state index is 11.2. The fourth-order valence-corrected chi connectivity index (χ4v) is 1.98. The summed E-state index contributed by atoms with van der Waals surface area (Å²) in [6.07, 6.45) is 4.12. The van der Waals surface area contributed by atoms with Gasteiger partial charge in [-0.3, -0.25) is 4.79 Å². The van der Waals surface area contributed by atoms with E-state index in [1.54, 1.807) is 29.0 Å². The average molecular weight is 262 g/mol. The van der Waals surface area contributed by atoms with Crippen LogP contribution >= 0.6 is 0 Å². The highest BCUT2D eigenvalue weighted by Gasteiger charge is 2.18.